The van der Waals surface area contributed by atoms with Crippen molar-refractivity contribution in [2.75, 3.05) is 26.2 Å². The molecule has 2 bridgehead atoms. The van der Waals surface area contributed by atoms with E-state index < -0.39 is 0 Å². The Morgan fingerprint density at radius 2 is 1.89 bits per heavy atom. The number of rotatable bonds is 5. The minimum absolute atomic E-state index is 0.184. The maximum atomic E-state index is 13.4. The molecule has 0 N–H and O–H groups in total. The normalized spacial score (nSPS) is 22.5. The zero-order valence-electron chi connectivity index (χ0n) is 17.4. The lowest BCUT2D eigenvalue weighted by molar-refractivity contribution is 0.0583. The lowest BCUT2D eigenvalue weighted by atomic mass is 9.94. The molecule has 0 spiro atoms. The van der Waals surface area contributed by atoms with Crippen LogP contribution in [0.4, 0.5) is 0 Å². The molecule has 0 radical (unpaired) electrons. The Bertz CT molecular complexity index is 829. The molecule has 3 aliphatic rings. The van der Waals surface area contributed by atoms with Gasteiger partial charge in [-0.25, -0.2) is 0 Å². The van der Waals surface area contributed by atoms with E-state index in [0.29, 0.717) is 12.0 Å². The molecule has 28 heavy (non-hydrogen) atoms. The maximum absolute atomic E-state index is 13.4. The van der Waals surface area contributed by atoms with E-state index in [1.54, 1.807) is 0 Å². The van der Waals surface area contributed by atoms with E-state index in [9.17, 15) is 4.79 Å². The third-order valence-electron chi connectivity index (χ3n) is 6.56. The van der Waals surface area contributed by atoms with Crippen LogP contribution in [-0.4, -0.2) is 57.7 Å². The van der Waals surface area contributed by atoms with Crippen LogP contribution in [0.3, 0.4) is 0 Å². The molecule has 2 aromatic rings. The van der Waals surface area contributed by atoms with Crippen LogP contribution in [0.1, 0.15) is 46.6 Å². The molecular weight excluding hydrogens is 348 g/mol. The molecular formula is C23H32N4O. The minimum Gasteiger partial charge on any atom is -0.334 e. The second-order valence-electron chi connectivity index (χ2n) is 8.57. The molecule has 1 amide bonds. The molecule has 5 rings (SSSR count). The van der Waals surface area contributed by atoms with Gasteiger partial charge >= 0.3 is 0 Å². The predicted molar refractivity (Wildman–Crippen MR) is 111 cm³/mol. The van der Waals surface area contributed by atoms with Crippen LogP contribution < -0.4 is 0 Å². The molecule has 3 fully saturated rings. The van der Waals surface area contributed by atoms with Crippen molar-refractivity contribution >= 4 is 5.91 Å². The van der Waals surface area contributed by atoms with Crippen LogP contribution in [0, 0.1) is 19.8 Å². The van der Waals surface area contributed by atoms with Crippen molar-refractivity contribution in [1.29, 1.82) is 0 Å². The molecule has 1 aromatic carbocycles. The molecule has 3 saturated heterocycles. The lowest BCUT2D eigenvalue weighted by Crippen LogP contribution is -2.47. The largest absolute Gasteiger partial charge is 0.334 e. The van der Waals surface area contributed by atoms with E-state index in [4.69, 9.17) is 0 Å². The summed E-state index contributed by atoms with van der Waals surface area (Å²) in [5, 5.41) is 4.46. The smallest absolute Gasteiger partial charge is 0.257 e. The van der Waals surface area contributed by atoms with Gasteiger partial charge in [0.2, 0.25) is 0 Å². The first-order valence-electron chi connectivity index (χ1n) is 10.6. The van der Waals surface area contributed by atoms with Crippen LogP contribution in [0.2, 0.25) is 0 Å². The zero-order chi connectivity index (χ0) is 19.7. The maximum Gasteiger partial charge on any atom is 0.257 e. The van der Waals surface area contributed by atoms with Crippen LogP contribution >= 0.6 is 0 Å². The number of benzene rings is 1. The minimum atomic E-state index is 0.184. The molecule has 0 aliphatic carbocycles. The van der Waals surface area contributed by atoms with Gasteiger partial charge in [-0.1, -0.05) is 30.3 Å². The Hall–Kier alpha value is -2.14. The SMILES string of the molecule is Cc1nn(C)c(C)c1C(=O)N1C[C@@H]2CC[C@H]1CN(CCCc1ccccc1)C2. The van der Waals surface area contributed by atoms with Gasteiger partial charge in [-0.05, 0) is 57.6 Å². The number of hydrogen-bond donors (Lipinski definition) is 0. The van der Waals surface area contributed by atoms with Crippen molar-refractivity contribution in [2.24, 2.45) is 13.0 Å². The van der Waals surface area contributed by atoms with Crippen molar-refractivity contribution in [3.8, 4) is 0 Å². The average Bonchev–Trinajstić information content (AvgIpc) is 2.86. The van der Waals surface area contributed by atoms with Gasteiger partial charge in [-0.3, -0.25) is 9.48 Å². The lowest BCUT2D eigenvalue weighted by Gasteiger charge is -2.36. The van der Waals surface area contributed by atoms with Gasteiger partial charge in [0, 0.05) is 38.4 Å². The van der Waals surface area contributed by atoms with Crippen molar-refractivity contribution in [2.45, 2.75) is 45.6 Å². The third-order valence-corrected chi connectivity index (χ3v) is 6.56. The highest BCUT2D eigenvalue weighted by Gasteiger charge is 2.38. The number of hydrogen-bond acceptors (Lipinski definition) is 3. The van der Waals surface area contributed by atoms with Crippen LogP contribution in [-0.2, 0) is 13.5 Å². The van der Waals surface area contributed by atoms with E-state index in [1.165, 1.54) is 18.4 Å². The topological polar surface area (TPSA) is 41.4 Å². The van der Waals surface area contributed by atoms with Crippen LogP contribution in [0.25, 0.3) is 0 Å². The van der Waals surface area contributed by atoms with Crippen LogP contribution in [0.15, 0.2) is 30.3 Å². The first kappa shape index (κ1) is 19.2. The second kappa shape index (κ2) is 8.08. The van der Waals surface area contributed by atoms with E-state index in [1.807, 2.05) is 25.6 Å². The number of amides is 1. The molecule has 150 valence electrons. The van der Waals surface area contributed by atoms with Gasteiger partial charge in [-0.2, -0.15) is 5.10 Å². The zero-order valence-corrected chi connectivity index (χ0v) is 17.4. The summed E-state index contributed by atoms with van der Waals surface area (Å²) in [6.07, 6.45) is 4.68. The Labute approximate surface area is 168 Å². The fourth-order valence-electron chi connectivity index (χ4n) is 4.99. The van der Waals surface area contributed by atoms with Gasteiger partial charge in [0.1, 0.15) is 0 Å². The van der Waals surface area contributed by atoms with E-state index in [0.717, 1.165) is 56.0 Å². The Balaban J connectivity index is 1.41. The molecule has 4 heterocycles. The molecule has 3 aliphatic heterocycles. The van der Waals surface area contributed by atoms with Crippen molar-refractivity contribution in [3.05, 3.63) is 52.8 Å². The first-order chi connectivity index (χ1) is 13.5. The molecule has 1 aromatic heterocycles. The van der Waals surface area contributed by atoms with Crippen molar-refractivity contribution in [1.82, 2.24) is 19.6 Å². The van der Waals surface area contributed by atoms with Gasteiger partial charge in [0.15, 0.2) is 0 Å². The van der Waals surface area contributed by atoms with E-state index in [2.05, 4.69) is 45.2 Å². The number of carbonyl (C=O) groups excluding carboxylic acids is 1. The van der Waals surface area contributed by atoms with Crippen molar-refractivity contribution in [3.63, 3.8) is 0 Å². The number of piperidine rings is 1. The van der Waals surface area contributed by atoms with Crippen molar-refractivity contribution < 1.29 is 4.79 Å². The molecule has 0 saturated carbocycles. The number of aryl methyl sites for hydroxylation is 3. The number of nitrogens with zero attached hydrogens (tertiary/aromatic N) is 4. The fraction of sp³-hybridized carbons (Fsp3) is 0.565. The molecule has 0 unspecified atom stereocenters. The Morgan fingerprint density at radius 3 is 2.61 bits per heavy atom. The van der Waals surface area contributed by atoms with Gasteiger partial charge in [0.05, 0.1) is 11.3 Å². The highest BCUT2D eigenvalue weighted by atomic mass is 16.2. The highest BCUT2D eigenvalue weighted by Crippen LogP contribution is 2.30. The summed E-state index contributed by atoms with van der Waals surface area (Å²) >= 11 is 0. The third kappa shape index (κ3) is 3.86. The fourth-order valence-corrected chi connectivity index (χ4v) is 4.99. The van der Waals surface area contributed by atoms with Gasteiger partial charge in [-0.15, -0.1) is 0 Å². The van der Waals surface area contributed by atoms with Crippen LogP contribution in [0.5, 0.6) is 0 Å². The summed E-state index contributed by atoms with van der Waals surface area (Å²) in [5.74, 6) is 0.778. The first-order valence-corrected chi connectivity index (χ1v) is 10.6. The Kier molecular flexibility index (Phi) is 5.54. The summed E-state index contributed by atoms with van der Waals surface area (Å²) in [6.45, 7) is 8.10. The summed E-state index contributed by atoms with van der Waals surface area (Å²) in [4.78, 5) is 18.1. The number of aromatic nitrogens is 2. The molecule has 5 heteroatoms. The quantitative estimate of drug-likeness (QED) is 0.800. The average molecular weight is 381 g/mol. The molecule has 5 nitrogen and oxygen atoms in total. The number of carbonyl (C=O) groups is 1. The second-order valence-corrected chi connectivity index (χ2v) is 8.57. The monoisotopic (exact) mass is 380 g/mol. The Morgan fingerprint density at radius 1 is 1.11 bits per heavy atom. The number of fused-ring (bicyclic) bond motifs is 4. The molecule has 2 atom stereocenters. The van der Waals surface area contributed by atoms with E-state index >= 15 is 0 Å². The summed E-state index contributed by atoms with van der Waals surface area (Å²) in [6, 6.07) is 11.1. The highest BCUT2D eigenvalue weighted by molar-refractivity contribution is 5.96. The van der Waals surface area contributed by atoms with Gasteiger partial charge in [0.25, 0.3) is 5.91 Å². The summed E-state index contributed by atoms with van der Waals surface area (Å²) < 4.78 is 1.83. The van der Waals surface area contributed by atoms with Gasteiger partial charge < -0.3 is 9.80 Å². The predicted octanol–water partition coefficient (Wildman–Crippen LogP) is 3.21. The summed E-state index contributed by atoms with van der Waals surface area (Å²) in [5.41, 5.74) is 4.05. The standard InChI is InChI=1S/C23H32N4O/c1-17-22(18(2)25(3)24-17)23(28)27-15-20-11-12-21(27)16-26(14-20)13-7-10-19-8-5-4-6-9-19/h4-6,8-9,20-21H,7,10-16H2,1-3H3/t20-,21+/m1/s1. The van der Waals surface area contributed by atoms with E-state index in [-0.39, 0.29) is 5.91 Å². The summed E-state index contributed by atoms with van der Waals surface area (Å²) in [7, 11) is 1.92.